The summed E-state index contributed by atoms with van der Waals surface area (Å²) in [5, 5.41) is 0.933. The van der Waals surface area contributed by atoms with Crippen LogP contribution in [0.4, 0.5) is 0 Å². The summed E-state index contributed by atoms with van der Waals surface area (Å²) in [6, 6.07) is 13.4. The van der Waals surface area contributed by atoms with Gasteiger partial charge in [0.2, 0.25) is 0 Å². The summed E-state index contributed by atoms with van der Waals surface area (Å²) in [4.78, 5) is 19.8. The highest BCUT2D eigenvalue weighted by Crippen LogP contribution is 2.31. The lowest BCUT2D eigenvalue weighted by molar-refractivity contribution is 0.0914. The van der Waals surface area contributed by atoms with Gasteiger partial charge >= 0.3 is 0 Å². The van der Waals surface area contributed by atoms with Gasteiger partial charge in [0.05, 0.1) is 17.0 Å². The quantitative estimate of drug-likeness (QED) is 0.628. The monoisotopic (exact) mass is 264 g/mol. The number of carbonyl (C=O) groups is 1. The maximum atomic E-state index is 12.1. The molecule has 0 aliphatic carbocycles. The average Bonchev–Trinajstić information content (AvgIpc) is 2.88. The third-order valence-electron chi connectivity index (χ3n) is 3.56. The predicted molar refractivity (Wildman–Crippen MR) is 75.0 cm³/mol. The Hall–Kier alpha value is -2.66. The first-order valence-corrected chi connectivity index (χ1v) is 6.42. The van der Waals surface area contributed by atoms with Gasteiger partial charge in [0.1, 0.15) is 6.04 Å². The van der Waals surface area contributed by atoms with Gasteiger partial charge < -0.3 is 4.98 Å². The zero-order valence-electron chi connectivity index (χ0n) is 10.6. The van der Waals surface area contributed by atoms with Gasteiger partial charge in [0.25, 0.3) is 5.91 Å². The summed E-state index contributed by atoms with van der Waals surface area (Å²) in [6.07, 6.45) is 1.75. The Bertz CT molecular complexity index is 794. The van der Waals surface area contributed by atoms with Gasteiger partial charge in [-0.25, -0.2) is 5.43 Å². The topological polar surface area (TPSA) is 69.8 Å². The summed E-state index contributed by atoms with van der Waals surface area (Å²) in [5.41, 5.74) is 9.09. The van der Waals surface area contributed by atoms with E-state index in [2.05, 4.69) is 20.8 Å². The van der Waals surface area contributed by atoms with Crippen LogP contribution in [0.25, 0.3) is 10.9 Å². The Labute approximate surface area is 115 Å². The minimum absolute atomic E-state index is 0.121. The van der Waals surface area contributed by atoms with E-state index in [1.54, 1.807) is 6.20 Å². The van der Waals surface area contributed by atoms with E-state index in [-0.39, 0.29) is 11.9 Å². The first kappa shape index (κ1) is 11.2. The number of hydrogen-bond donors (Lipinski definition) is 3. The predicted octanol–water partition coefficient (Wildman–Crippen LogP) is 1.90. The van der Waals surface area contributed by atoms with Crippen molar-refractivity contribution in [3.05, 3.63) is 65.6 Å². The molecule has 0 bridgehead atoms. The molecule has 1 atom stereocenters. The molecule has 1 unspecified atom stereocenters. The summed E-state index contributed by atoms with van der Waals surface area (Å²) < 4.78 is 0. The van der Waals surface area contributed by atoms with Crippen molar-refractivity contribution in [2.45, 2.75) is 6.04 Å². The molecule has 5 nitrogen and oxygen atoms in total. The number of nitrogens with zero attached hydrogens (tertiary/aromatic N) is 1. The van der Waals surface area contributed by atoms with Gasteiger partial charge in [-0.3, -0.25) is 15.2 Å². The lowest BCUT2D eigenvalue weighted by atomic mass is 10.0. The van der Waals surface area contributed by atoms with Crippen LogP contribution in [0.15, 0.2) is 48.7 Å². The van der Waals surface area contributed by atoms with Gasteiger partial charge in [0, 0.05) is 17.1 Å². The van der Waals surface area contributed by atoms with Crippen LogP contribution in [-0.4, -0.2) is 15.9 Å². The van der Waals surface area contributed by atoms with Gasteiger partial charge in [-0.2, -0.15) is 0 Å². The summed E-state index contributed by atoms with van der Waals surface area (Å²) in [6.45, 7) is 0. The third-order valence-corrected chi connectivity index (χ3v) is 3.56. The molecule has 98 valence electrons. The first-order valence-electron chi connectivity index (χ1n) is 6.42. The van der Waals surface area contributed by atoms with E-state index in [9.17, 15) is 4.79 Å². The molecule has 3 aromatic rings. The van der Waals surface area contributed by atoms with Crippen LogP contribution >= 0.6 is 0 Å². The molecule has 2 aromatic heterocycles. The minimum atomic E-state index is -0.170. The van der Waals surface area contributed by atoms with E-state index >= 15 is 0 Å². The minimum Gasteiger partial charge on any atom is -0.356 e. The number of hydrogen-bond acceptors (Lipinski definition) is 3. The molecule has 1 aromatic carbocycles. The maximum Gasteiger partial charge on any atom is 0.267 e. The van der Waals surface area contributed by atoms with Crippen LogP contribution in [0.2, 0.25) is 0 Å². The molecular weight excluding hydrogens is 252 g/mol. The molecule has 0 radical (unpaired) electrons. The second kappa shape index (κ2) is 4.18. The third kappa shape index (κ3) is 1.53. The fourth-order valence-corrected chi connectivity index (χ4v) is 2.66. The number of rotatable bonds is 1. The van der Waals surface area contributed by atoms with Gasteiger partial charge in [-0.15, -0.1) is 0 Å². The number of hydrazine groups is 1. The zero-order chi connectivity index (χ0) is 13.5. The van der Waals surface area contributed by atoms with Gasteiger partial charge in [-0.1, -0.05) is 24.3 Å². The number of pyridine rings is 1. The number of fused-ring (bicyclic) bond motifs is 3. The maximum absolute atomic E-state index is 12.1. The van der Waals surface area contributed by atoms with Gasteiger partial charge in [-0.05, 0) is 18.2 Å². The highest BCUT2D eigenvalue weighted by atomic mass is 16.2. The Morgan fingerprint density at radius 1 is 1.05 bits per heavy atom. The van der Waals surface area contributed by atoms with Crippen LogP contribution in [-0.2, 0) is 0 Å². The van der Waals surface area contributed by atoms with Gasteiger partial charge in [0.15, 0.2) is 0 Å². The van der Waals surface area contributed by atoms with Crippen molar-refractivity contribution < 1.29 is 4.79 Å². The normalized spacial score (nSPS) is 17.8. The molecule has 20 heavy (non-hydrogen) atoms. The standard InChI is InChI=1S/C15H12N4O/c20-15-12-9-5-1-2-6-10(9)17-14(12)13(18-19-15)11-7-3-4-8-16-11/h1-8,13,17-18H,(H,19,20). The molecule has 5 heteroatoms. The highest BCUT2D eigenvalue weighted by molar-refractivity contribution is 6.08. The van der Waals surface area contributed by atoms with Crippen molar-refractivity contribution in [1.82, 2.24) is 20.8 Å². The molecule has 0 saturated heterocycles. The van der Waals surface area contributed by atoms with E-state index in [1.807, 2.05) is 42.5 Å². The summed E-state index contributed by atoms with van der Waals surface area (Å²) in [5.74, 6) is -0.121. The van der Waals surface area contributed by atoms with E-state index < -0.39 is 0 Å². The number of nitrogens with one attached hydrogen (secondary N) is 3. The van der Waals surface area contributed by atoms with E-state index in [0.717, 1.165) is 22.3 Å². The van der Waals surface area contributed by atoms with Crippen molar-refractivity contribution in [3.63, 3.8) is 0 Å². The Morgan fingerprint density at radius 2 is 1.90 bits per heavy atom. The van der Waals surface area contributed by atoms with Crippen molar-refractivity contribution in [3.8, 4) is 0 Å². The Balaban J connectivity index is 1.96. The SMILES string of the molecule is O=C1NNC(c2ccccn2)c2[nH]c3ccccc3c21. The molecule has 0 saturated carbocycles. The van der Waals surface area contributed by atoms with Crippen molar-refractivity contribution in [2.75, 3.05) is 0 Å². The Morgan fingerprint density at radius 3 is 2.75 bits per heavy atom. The largest absolute Gasteiger partial charge is 0.356 e. The number of benzene rings is 1. The fraction of sp³-hybridized carbons (Fsp3) is 0.0667. The lowest BCUT2D eigenvalue weighted by Crippen LogP contribution is -2.45. The van der Waals surface area contributed by atoms with Crippen LogP contribution in [0.1, 0.15) is 27.8 Å². The van der Waals surface area contributed by atoms with E-state index in [0.29, 0.717) is 5.56 Å². The number of aromatic nitrogens is 2. The second-order valence-corrected chi connectivity index (χ2v) is 4.75. The van der Waals surface area contributed by atoms with Crippen LogP contribution < -0.4 is 10.9 Å². The molecule has 0 fully saturated rings. The van der Waals surface area contributed by atoms with Crippen molar-refractivity contribution >= 4 is 16.8 Å². The summed E-state index contributed by atoms with van der Waals surface area (Å²) >= 11 is 0. The molecule has 1 amide bonds. The fourth-order valence-electron chi connectivity index (χ4n) is 2.66. The Kier molecular flexibility index (Phi) is 2.34. The highest BCUT2D eigenvalue weighted by Gasteiger charge is 2.30. The molecule has 3 N–H and O–H groups in total. The second-order valence-electron chi connectivity index (χ2n) is 4.75. The number of carbonyl (C=O) groups excluding carboxylic acids is 1. The number of para-hydroxylation sites is 1. The van der Waals surface area contributed by atoms with Crippen LogP contribution in [0.3, 0.4) is 0 Å². The molecule has 3 heterocycles. The van der Waals surface area contributed by atoms with Crippen LogP contribution in [0.5, 0.6) is 0 Å². The molecule has 1 aliphatic heterocycles. The average molecular weight is 264 g/mol. The summed E-state index contributed by atoms with van der Waals surface area (Å²) in [7, 11) is 0. The van der Waals surface area contributed by atoms with Crippen LogP contribution in [0, 0.1) is 0 Å². The zero-order valence-corrected chi connectivity index (χ0v) is 10.6. The molecule has 0 spiro atoms. The lowest BCUT2D eigenvalue weighted by Gasteiger charge is -2.24. The number of amides is 1. The number of H-pyrrole nitrogens is 1. The molecule has 1 aliphatic rings. The first-order chi connectivity index (χ1) is 9.84. The van der Waals surface area contributed by atoms with E-state index in [4.69, 9.17) is 0 Å². The van der Waals surface area contributed by atoms with E-state index in [1.165, 1.54) is 0 Å². The molecule has 4 rings (SSSR count). The molecular formula is C15H12N4O. The van der Waals surface area contributed by atoms with Crippen molar-refractivity contribution in [2.24, 2.45) is 0 Å². The number of aromatic amines is 1. The van der Waals surface area contributed by atoms with Crippen molar-refractivity contribution in [1.29, 1.82) is 0 Å². The smallest absolute Gasteiger partial charge is 0.267 e.